The van der Waals surface area contributed by atoms with Crippen molar-refractivity contribution >= 4 is 17.8 Å². The molecule has 0 saturated heterocycles. The number of nitrogens with zero attached hydrogens (tertiary/aromatic N) is 2. The number of nitrogens with two attached hydrogens (primary N) is 1. The number of carbonyl (C=O) groups excluding carboxylic acids is 1. The second-order valence-electron chi connectivity index (χ2n) is 5.66. The van der Waals surface area contributed by atoms with Gasteiger partial charge < -0.3 is 36.3 Å². The summed E-state index contributed by atoms with van der Waals surface area (Å²) >= 11 is 0. The first-order valence-corrected chi connectivity index (χ1v) is 8.04. The molecular weight excluding hydrogens is 358 g/mol. The second-order valence-corrected chi connectivity index (χ2v) is 5.66. The van der Waals surface area contributed by atoms with Gasteiger partial charge in [0.05, 0.1) is 12.0 Å². The minimum absolute atomic E-state index is 0.273. The third-order valence-corrected chi connectivity index (χ3v) is 2.29. The van der Waals surface area contributed by atoms with Crippen LogP contribution in [-0.4, -0.2) is 88.4 Å². The summed E-state index contributed by atoms with van der Waals surface area (Å²) in [6, 6.07) is -0.562. The van der Waals surface area contributed by atoms with Crippen molar-refractivity contribution in [2.45, 2.75) is 38.8 Å². The van der Waals surface area contributed by atoms with Gasteiger partial charge in [0.2, 0.25) is 5.91 Å². The summed E-state index contributed by atoms with van der Waals surface area (Å²) in [6.45, 7) is 2.92. The Morgan fingerprint density at radius 2 is 1.70 bits per heavy atom. The van der Waals surface area contributed by atoms with Gasteiger partial charge in [-0.25, -0.2) is 9.78 Å². The van der Waals surface area contributed by atoms with E-state index in [0.29, 0.717) is 6.42 Å². The molecule has 7 N–H and O–H groups in total. The molecule has 11 heteroatoms. The average molecular weight is 391 g/mol. The van der Waals surface area contributed by atoms with E-state index in [1.165, 1.54) is 13.3 Å². The molecular formula is C16H33N5O6. The van der Waals surface area contributed by atoms with E-state index in [1.807, 2.05) is 26.0 Å². The maximum atomic E-state index is 10.6. The normalized spacial score (nSPS) is 11.4. The predicted molar refractivity (Wildman–Crippen MR) is 101 cm³/mol. The third kappa shape index (κ3) is 25.8. The lowest BCUT2D eigenvalue weighted by atomic mass is 10.2. The maximum Gasteiger partial charge on any atom is 0.332 e. The number of likely N-dealkylation sites (N-methyl/N-ethyl adjacent to an activating group) is 1. The van der Waals surface area contributed by atoms with Crippen LogP contribution in [0.25, 0.3) is 0 Å². The van der Waals surface area contributed by atoms with Gasteiger partial charge in [-0.3, -0.25) is 9.59 Å². The number of amides is 1. The van der Waals surface area contributed by atoms with Gasteiger partial charge in [-0.2, -0.15) is 0 Å². The Hall–Kier alpha value is -2.50. The molecule has 1 aromatic heterocycles. The molecule has 0 spiro atoms. The van der Waals surface area contributed by atoms with E-state index in [2.05, 4.69) is 21.0 Å². The number of hydrogen-bond acceptors (Lipinski definition) is 7. The number of carbonyl (C=O) groups is 3. The SMILES string of the molecule is CC(N)=O.CCC(O)C(=O)O.CN(C)C.CNC(Cc1c[nH]cn1)C(=O)O. The van der Waals surface area contributed by atoms with Crippen LogP contribution in [0.3, 0.4) is 0 Å². The number of carboxylic acid groups (broad SMARTS) is 2. The minimum atomic E-state index is -1.18. The van der Waals surface area contributed by atoms with Crippen molar-refractivity contribution in [3.63, 3.8) is 0 Å². The highest BCUT2D eigenvalue weighted by molar-refractivity contribution is 5.73. The molecule has 11 nitrogen and oxygen atoms in total. The van der Waals surface area contributed by atoms with E-state index in [1.54, 1.807) is 20.2 Å². The number of H-pyrrole nitrogens is 1. The van der Waals surface area contributed by atoms with Crippen LogP contribution in [0.5, 0.6) is 0 Å². The molecule has 1 heterocycles. The number of imidazole rings is 1. The van der Waals surface area contributed by atoms with E-state index in [9.17, 15) is 14.4 Å². The molecule has 0 bridgehead atoms. The Morgan fingerprint density at radius 1 is 1.26 bits per heavy atom. The number of hydrogen-bond donors (Lipinski definition) is 6. The zero-order valence-electron chi connectivity index (χ0n) is 16.8. The molecule has 1 amide bonds. The highest BCUT2D eigenvalue weighted by atomic mass is 16.4. The number of aliphatic carboxylic acids is 2. The summed E-state index contributed by atoms with van der Waals surface area (Å²) in [7, 11) is 7.62. The van der Waals surface area contributed by atoms with Crippen molar-refractivity contribution in [2.24, 2.45) is 5.73 Å². The fraction of sp³-hybridized carbons (Fsp3) is 0.625. The van der Waals surface area contributed by atoms with Gasteiger partial charge in [-0.1, -0.05) is 6.92 Å². The molecule has 2 atom stereocenters. The molecule has 1 aromatic rings. The Kier molecular flexibility index (Phi) is 19.8. The van der Waals surface area contributed by atoms with Gasteiger partial charge in [0.15, 0.2) is 6.10 Å². The third-order valence-electron chi connectivity index (χ3n) is 2.29. The van der Waals surface area contributed by atoms with E-state index in [0.717, 1.165) is 5.69 Å². The number of nitrogens with one attached hydrogen (secondary N) is 2. The quantitative estimate of drug-likeness (QED) is 0.359. The first-order valence-electron chi connectivity index (χ1n) is 8.04. The number of aliphatic hydroxyl groups excluding tert-OH is 1. The molecule has 0 saturated carbocycles. The van der Waals surface area contributed by atoms with Crippen molar-refractivity contribution in [1.29, 1.82) is 0 Å². The summed E-state index contributed by atoms with van der Waals surface area (Å²) in [6.07, 6.45) is 2.71. The molecule has 1 rings (SSSR count). The molecule has 0 aromatic carbocycles. The molecule has 0 fully saturated rings. The van der Waals surface area contributed by atoms with Crippen LogP contribution in [0.15, 0.2) is 12.5 Å². The monoisotopic (exact) mass is 391 g/mol. The molecule has 0 aliphatic heterocycles. The van der Waals surface area contributed by atoms with Gasteiger partial charge in [-0.15, -0.1) is 0 Å². The van der Waals surface area contributed by atoms with Gasteiger partial charge >= 0.3 is 11.9 Å². The van der Waals surface area contributed by atoms with Crippen LogP contribution < -0.4 is 11.1 Å². The highest BCUT2D eigenvalue weighted by Crippen LogP contribution is 1.97. The van der Waals surface area contributed by atoms with Crippen molar-refractivity contribution in [3.05, 3.63) is 18.2 Å². The Bertz CT molecular complexity index is 501. The summed E-state index contributed by atoms with van der Waals surface area (Å²) in [5, 5.41) is 27.6. The minimum Gasteiger partial charge on any atom is -0.480 e. The Balaban J connectivity index is -0.000000327. The fourth-order valence-corrected chi connectivity index (χ4v) is 1.10. The lowest BCUT2D eigenvalue weighted by Crippen LogP contribution is -2.35. The summed E-state index contributed by atoms with van der Waals surface area (Å²) in [5.74, 6) is -2.34. The summed E-state index contributed by atoms with van der Waals surface area (Å²) in [4.78, 5) is 38.2. The highest BCUT2D eigenvalue weighted by Gasteiger charge is 2.15. The second kappa shape index (κ2) is 18.3. The van der Waals surface area contributed by atoms with Gasteiger partial charge in [0.25, 0.3) is 0 Å². The van der Waals surface area contributed by atoms with Crippen molar-refractivity contribution in [2.75, 3.05) is 28.2 Å². The molecule has 0 aliphatic rings. The number of aromatic nitrogens is 2. The standard InChI is InChI=1S/C7H11N3O2.C4H8O3.C3H9N.C2H5NO/c1-8-6(7(11)12)2-5-3-9-4-10-5;1-2-3(5)4(6)7;1-4(2)3;1-2(3)4/h3-4,6,8H,2H2,1H3,(H,9,10)(H,11,12);3,5H,2H2,1H3,(H,6,7);1-3H3;1H3,(H2,3,4). The number of primary amides is 1. The largest absolute Gasteiger partial charge is 0.480 e. The van der Waals surface area contributed by atoms with E-state index in [-0.39, 0.29) is 12.3 Å². The van der Waals surface area contributed by atoms with Crippen LogP contribution >= 0.6 is 0 Å². The van der Waals surface area contributed by atoms with E-state index < -0.39 is 24.1 Å². The maximum absolute atomic E-state index is 10.6. The summed E-state index contributed by atoms with van der Waals surface area (Å²) in [5.41, 5.74) is 5.22. The first kappa shape index (κ1) is 29.3. The summed E-state index contributed by atoms with van der Waals surface area (Å²) < 4.78 is 0. The van der Waals surface area contributed by atoms with Crippen molar-refractivity contribution < 1.29 is 29.7 Å². The predicted octanol–water partition coefficient (Wildman–Crippen LogP) is -0.864. The molecule has 27 heavy (non-hydrogen) atoms. The zero-order valence-corrected chi connectivity index (χ0v) is 16.8. The number of carboxylic acids is 2. The van der Waals surface area contributed by atoms with Crippen LogP contribution in [0.2, 0.25) is 0 Å². The van der Waals surface area contributed by atoms with E-state index in [4.69, 9.17) is 15.3 Å². The number of aliphatic hydroxyl groups is 1. The number of rotatable bonds is 6. The van der Waals surface area contributed by atoms with Crippen molar-refractivity contribution in [1.82, 2.24) is 20.2 Å². The van der Waals surface area contributed by atoms with Gasteiger partial charge in [-0.05, 0) is 34.6 Å². The lowest BCUT2D eigenvalue weighted by molar-refractivity contribution is -0.146. The van der Waals surface area contributed by atoms with Gasteiger partial charge in [0.1, 0.15) is 6.04 Å². The Labute approximate surface area is 159 Å². The molecule has 0 radical (unpaired) electrons. The molecule has 158 valence electrons. The van der Waals surface area contributed by atoms with Crippen LogP contribution in [0.1, 0.15) is 26.0 Å². The van der Waals surface area contributed by atoms with Crippen molar-refractivity contribution in [3.8, 4) is 0 Å². The fourth-order valence-electron chi connectivity index (χ4n) is 1.10. The van der Waals surface area contributed by atoms with Gasteiger partial charge in [0, 0.05) is 19.5 Å². The van der Waals surface area contributed by atoms with Crippen LogP contribution in [-0.2, 0) is 20.8 Å². The molecule has 0 aliphatic carbocycles. The van der Waals surface area contributed by atoms with Crippen LogP contribution in [0, 0.1) is 0 Å². The zero-order chi connectivity index (χ0) is 22.0. The lowest BCUT2D eigenvalue weighted by Gasteiger charge is -2.07. The molecule has 2 unspecified atom stereocenters. The first-order chi connectivity index (χ1) is 12.4. The topological polar surface area (TPSA) is 182 Å². The smallest absolute Gasteiger partial charge is 0.332 e. The van der Waals surface area contributed by atoms with Crippen LogP contribution in [0.4, 0.5) is 0 Å². The Morgan fingerprint density at radius 3 is 1.89 bits per heavy atom. The average Bonchev–Trinajstić information content (AvgIpc) is 3.04. The van der Waals surface area contributed by atoms with E-state index >= 15 is 0 Å². The number of aromatic amines is 1.